The predicted molar refractivity (Wildman–Crippen MR) is 96.4 cm³/mol. The Morgan fingerprint density at radius 3 is 3.00 bits per heavy atom. The first-order valence-electron chi connectivity index (χ1n) is 8.48. The van der Waals surface area contributed by atoms with Gasteiger partial charge in [0.2, 0.25) is 0 Å². The molecule has 0 radical (unpaired) electrons. The zero-order valence-corrected chi connectivity index (χ0v) is 14.6. The van der Waals surface area contributed by atoms with E-state index in [1.807, 2.05) is 26.8 Å². The van der Waals surface area contributed by atoms with Crippen molar-refractivity contribution in [2.24, 2.45) is 0 Å². The number of pyridine rings is 1. The van der Waals surface area contributed by atoms with Gasteiger partial charge in [0.25, 0.3) is 5.91 Å². The van der Waals surface area contributed by atoms with Crippen molar-refractivity contribution in [2.45, 2.75) is 27.2 Å². The van der Waals surface area contributed by atoms with Crippen molar-refractivity contribution in [1.29, 1.82) is 0 Å². The minimum Gasteiger partial charge on any atom is -0.489 e. The van der Waals surface area contributed by atoms with Crippen molar-refractivity contribution in [1.82, 2.24) is 15.0 Å². The van der Waals surface area contributed by atoms with Crippen LogP contribution in [0.4, 0.5) is 5.69 Å². The molecule has 0 unspecified atom stereocenters. The van der Waals surface area contributed by atoms with Crippen LogP contribution >= 0.6 is 0 Å². The van der Waals surface area contributed by atoms with Crippen LogP contribution in [-0.4, -0.2) is 34.0 Å². The molecule has 128 valence electrons. The van der Waals surface area contributed by atoms with Crippen LogP contribution in [0, 0.1) is 13.8 Å². The van der Waals surface area contributed by atoms with E-state index in [1.54, 1.807) is 17.2 Å². The fourth-order valence-electron chi connectivity index (χ4n) is 3.34. The maximum Gasteiger partial charge on any atom is 0.260 e. The van der Waals surface area contributed by atoms with Gasteiger partial charge in [-0.3, -0.25) is 4.79 Å². The van der Waals surface area contributed by atoms with Crippen molar-refractivity contribution in [2.75, 3.05) is 18.1 Å². The third kappa shape index (κ3) is 2.54. The van der Waals surface area contributed by atoms with Gasteiger partial charge in [-0.25, -0.2) is 9.97 Å². The number of aromatic amines is 1. The third-order valence-corrected chi connectivity index (χ3v) is 4.50. The number of carbonyl (C=O) groups is 1. The summed E-state index contributed by atoms with van der Waals surface area (Å²) in [5.74, 6) is 1.56. The summed E-state index contributed by atoms with van der Waals surface area (Å²) in [5.41, 5.74) is 4.84. The highest BCUT2D eigenvalue weighted by Gasteiger charge is 2.28. The number of nitrogens with zero attached hydrogens (tertiary/aromatic N) is 3. The standard InChI is InChI=1S/C19H20N4O2/c1-4-15-21-16-13(5-6-20-18(16)22-15)19(24)23-7-8-25-17-12(3)9-11(2)10-14(17)23/h5-6,9-10H,4,7-8H2,1-3H3,(H,20,21,22). The Hall–Kier alpha value is -2.89. The van der Waals surface area contributed by atoms with Gasteiger partial charge in [0.05, 0.1) is 23.3 Å². The Kier molecular flexibility index (Phi) is 3.67. The number of amides is 1. The molecule has 6 nitrogen and oxygen atoms in total. The molecule has 0 atom stereocenters. The van der Waals surface area contributed by atoms with Crippen LogP contribution in [-0.2, 0) is 6.42 Å². The summed E-state index contributed by atoms with van der Waals surface area (Å²) in [5, 5.41) is 0. The fourth-order valence-corrected chi connectivity index (χ4v) is 3.34. The van der Waals surface area contributed by atoms with Crippen LogP contribution in [0.5, 0.6) is 5.75 Å². The van der Waals surface area contributed by atoms with E-state index < -0.39 is 0 Å². The van der Waals surface area contributed by atoms with Gasteiger partial charge in [0.1, 0.15) is 18.2 Å². The molecule has 1 aliphatic heterocycles. The number of fused-ring (bicyclic) bond motifs is 2. The van der Waals surface area contributed by atoms with E-state index in [0.717, 1.165) is 34.8 Å². The van der Waals surface area contributed by atoms with E-state index in [9.17, 15) is 4.79 Å². The van der Waals surface area contributed by atoms with Crippen LogP contribution in [0.15, 0.2) is 24.4 Å². The molecule has 0 saturated heterocycles. The third-order valence-electron chi connectivity index (χ3n) is 4.50. The second-order valence-electron chi connectivity index (χ2n) is 6.33. The Bertz CT molecular complexity index is 977. The predicted octanol–water partition coefficient (Wildman–Crippen LogP) is 3.18. The van der Waals surface area contributed by atoms with Gasteiger partial charge in [0, 0.05) is 12.6 Å². The molecule has 0 bridgehead atoms. The van der Waals surface area contributed by atoms with Crippen LogP contribution in [0.3, 0.4) is 0 Å². The van der Waals surface area contributed by atoms with Crippen LogP contribution in [0.25, 0.3) is 11.2 Å². The summed E-state index contributed by atoms with van der Waals surface area (Å²) in [6, 6.07) is 5.82. The lowest BCUT2D eigenvalue weighted by Gasteiger charge is -2.31. The maximum absolute atomic E-state index is 13.3. The number of nitrogens with one attached hydrogen (secondary N) is 1. The van der Waals surface area contributed by atoms with Crippen molar-refractivity contribution >= 4 is 22.8 Å². The largest absolute Gasteiger partial charge is 0.489 e. The number of hydrogen-bond donors (Lipinski definition) is 1. The molecule has 1 amide bonds. The molecule has 1 aromatic carbocycles. The van der Waals surface area contributed by atoms with Gasteiger partial charge < -0.3 is 14.6 Å². The lowest BCUT2D eigenvalue weighted by Crippen LogP contribution is -2.38. The van der Waals surface area contributed by atoms with Gasteiger partial charge in [0.15, 0.2) is 5.65 Å². The van der Waals surface area contributed by atoms with Crippen molar-refractivity contribution in [3.8, 4) is 5.75 Å². The van der Waals surface area contributed by atoms with E-state index in [0.29, 0.717) is 29.9 Å². The molecule has 0 aliphatic carbocycles. The van der Waals surface area contributed by atoms with Crippen molar-refractivity contribution in [3.05, 3.63) is 46.9 Å². The molecule has 1 aliphatic rings. The average molecular weight is 336 g/mol. The first-order chi connectivity index (χ1) is 12.1. The highest BCUT2D eigenvalue weighted by Crippen LogP contribution is 2.37. The number of rotatable bonds is 2. The van der Waals surface area contributed by atoms with Gasteiger partial charge in [-0.2, -0.15) is 0 Å². The van der Waals surface area contributed by atoms with E-state index in [2.05, 4.69) is 21.0 Å². The highest BCUT2D eigenvalue weighted by atomic mass is 16.5. The number of carbonyl (C=O) groups excluding carboxylic acids is 1. The summed E-state index contributed by atoms with van der Waals surface area (Å²) in [7, 11) is 0. The molecule has 0 spiro atoms. The molecule has 4 rings (SSSR count). The van der Waals surface area contributed by atoms with Gasteiger partial charge in [-0.15, -0.1) is 0 Å². The van der Waals surface area contributed by atoms with E-state index in [-0.39, 0.29) is 5.91 Å². The van der Waals surface area contributed by atoms with Crippen LogP contribution in [0.1, 0.15) is 34.2 Å². The van der Waals surface area contributed by atoms with E-state index >= 15 is 0 Å². The molecule has 6 heteroatoms. The summed E-state index contributed by atoms with van der Waals surface area (Å²) < 4.78 is 5.81. The molecular weight excluding hydrogens is 316 g/mol. The van der Waals surface area contributed by atoms with Gasteiger partial charge >= 0.3 is 0 Å². The number of imidazole rings is 1. The molecule has 0 fully saturated rings. The molecular formula is C19H20N4O2. The second kappa shape index (κ2) is 5.88. The first kappa shape index (κ1) is 15.6. The number of anilines is 1. The molecule has 25 heavy (non-hydrogen) atoms. The molecule has 2 aromatic heterocycles. The van der Waals surface area contributed by atoms with Gasteiger partial charge in [-0.1, -0.05) is 13.0 Å². The average Bonchev–Trinajstić information content (AvgIpc) is 3.04. The number of aromatic nitrogens is 3. The zero-order valence-electron chi connectivity index (χ0n) is 14.6. The molecule has 0 saturated carbocycles. The number of aryl methyl sites for hydroxylation is 3. The van der Waals surface area contributed by atoms with E-state index in [1.165, 1.54) is 0 Å². The van der Waals surface area contributed by atoms with Crippen LogP contribution < -0.4 is 9.64 Å². The Labute approximate surface area is 145 Å². The lowest BCUT2D eigenvalue weighted by atomic mass is 10.1. The summed E-state index contributed by atoms with van der Waals surface area (Å²) in [6.07, 6.45) is 2.40. The first-order valence-corrected chi connectivity index (χ1v) is 8.48. The normalized spacial score (nSPS) is 13.6. The monoisotopic (exact) mass is 336 g/mol. The quantitative estimate of drug-likeness (QED) is 0.780. The van der Waals surface area contributed by atoms with Crippen LogP contribution in [0.2, 0.25) is 0 Å². The molecule has 1 N–H and O–H groups in total. The minimum atomic E-state index is -0.0618. The second-order valence-corrected chi connectivity index (χ2v) is 6.33. The zero-order chi connectivity index (χ0) is 17.6. The smallest absolute Gasteiger partial charge is 0.260 e. The summed E-state index contributed by atoms with van der Waals surface area (Å²) in [6.45, 7) is 7.06. The summed E-state index contributed by atoms with van der Waals surface area (Å²) in [4.78, 5) is 27.0. The highest BCUT2D eigenvalue weighted by molar-refractivity contribution is 6.13. The number of H-pyrrole nitrogens is 1. The Morgan fingerprint density at radius 2 is 2.20 bits per heavy atom. The molecule has 3 heterocycles. The molecule has 3 aromatic rings. The number of benzene rings is 1. The summed E-state index contributed by atoms with van der Waals surface area (Å²) >= 11 is 0. The van der Waals surface area contributed by atoms with Crippen molar-refractivity contribution in [3.63, 3.8) is 0 Å². The SMILES string of the molecule is CCc1nc2nccc(C(=O)N3CCOc4c(C)cc(C)cc43)c2[nH]1. The number of ether oxygens (including phenoxy) is 1. The van der Waals surface area contributed by atoms with E-state index in [4.69, 9.17) is 4.74 Å². The fraction of sp³-hybridized carbons (Fsp3) is 0.316. The van der Waals surface area contributed by atoms with Crippen molar-refractivity contribution < 1.29 is 9.53 Å². The Morgan fingerprint density at radius 1 is 1.36 bits per heavy atom. The minimum absolute atomic E-state index is 0.0618. The Balaban J connectivity index is 1.82. The lowest BCUT2D eigenvalue weighted by molar-refractivity contribution is 0.0978. The number of hydrogen-bond acceptors (Lipinski definition) is 4. The topological polar surface area (TPSA) is 71.1 Å². The maximum atomic E-state index is 13.3. The van der Waals surface area contributed by atoms with Gasteiger partial charge in [-0.05, 0) is 37.1 Å².